The van der Waals surface area contributed by atoms with Gasteiger partial charge in [0.05, 0.1) is 17.2 Å². The van der Waals surface area contributed by atoms with Crippen molar-refractivity contribution in [2.45, 2.75) is 38.6 Å². The molecular weight excluding hydrogens is 398 g/mol. The molecule has 0 aliphatic carbocycles. The molecule has 1 saturated heterocycles. The van der Waals surface area contributed by atoms with Gasteiger partial charge in [-0.3, -0.25) is 9.59 Å². The van der Waals surface area contributed by atoms with Crippen LogP contribution in [0.3, 0.4) is 0 Å². The van der Waals surface area contributed by atoms with Crippen molar-refractivity contribution in [3.05, 3.63) is 70.2 Å². The van der Waals surface area contributed by atoms with E-state index in [9.17, 15) is 14.9 Å². The average Bonchev–Trinajstić information content (AvgIpc) is 2.77. The lowest BCUT2D eigenvalue weighted by Gasteiger charge is -2.35. The number of carbonyl (C=O) groups is 2. The van der Waals surface area contributed by atoms with Crippen molar-refractivity contribution in [3.8, 4) is 6.07 Å². The van der Waals surface area contributed by atoms with E-state index >= 15 is 0 Å². The lowest BCUT2D eigenvalue weighted by Crippen LogP contribution is -2.52. The van der Waals surface area contributed by atoms with E-state index in [1.807, 2.05) is 49.1 Å². The summed E-state index contributed by atoms with van der Waals surface area (Å²) in [4.78, 5) is 27.8. The van der Waals surface area contributed by atoms with Crippen LogP contribution >= 0.6 is 11.6 Å². The molecule has 0 spiro atoms. The molecule has 1 atom stereocenters. The molecule has 0 unspecified atom stereocenters. The zero-order valence-corrected chi connectivity index (χ0v) is 18.0. The van der Waals surface area contributed by atoms with Crippen molar-refractivity contribution in [2.75, 3.05) is 13.1 Å². The molecule has 2 aromatic carbocycles. The highest BCUT2D eigenvalue weighted by molar-refractivity contribution is 6.30. The van der Waals surface area contributed by atoms with Crippen molar-refractivity contribution in [2.24, 2.45) is 5.92 Å². The predicted octanol–water partition coefficient (Wildman–Crippen LogP) is 4.37. The van der Waals surface area contributed by atoms with Crippen molar-refractivity contribution in [1.82, 2.24) is 10.2 Å². The first-order valence-corrected chi connectivity index (χ1v) is 10.6. The minimum absolute atomic E-state index is 0.0651. The van der Waals surface area contributed by atoms with E-state index in [1.54, 1.807) is 24.3 Å². The maximum atomic E-state index is 13.2. The molecule has 2 aromatic rings. The number of rotatable bonds is 5. The molecule has 1 aliphatic heterocycles. The number of benzene rings is 2. The van der Waals surface area contributed by atoms with Crippen molar-refractivity contribution in [3.63, 3.8) is 0 Å². The van der Waals surface area contributed by atoms with E-state index in [1.165, 1.54) is 5.56 Å². The molecule has 0 aromatic heterocycles. The van der Waals surface area contributed by atoms with E-state index in [-0.39, 0.29) is 11.8 Å². The number of piperidine rings is 1. The second-order valence-corrected chi connectivity index (χ2v) is 8.44. The maximum Gasteiger partial charge on any atom is 0.253 e. The molecule has 2 amide bonds. The van der Waals surface area contributed by atoms with Gasteiger partial charge in [-0.25, -0.2) is 0 Å². The third kappa shape index (κ3) is 5.01. The number of hydrogen-bond donors (Lipinski definition) is 1. The summed E-state index contributed by atoms with van der Waals surface area (Å²) in [5.41, 5.74) is 1.84. The van der Waals surface area contributed by atoms with Crippen LogP contribution in [0.4, 0.5) is 0 Å². The minimum atomic E-state index is -0.628. The normalized spacial score (nSPS) is 15.5. The first-order valence-electron chi connectivity index (χ1n) is 10.2. The zero-order valence-electron chi connectivity index (χ0n) is 17.3. The number of likely N-dealkylation sites (tertiary alicyclic amines) is 1. The monoisotopic (exact) mass is 423 g/mol. The van der Waals surface area contributed by atoms with Gasteiger partial charge in [-0.05, 0) is 54.5 Å². The molecule has 3 rings (SSSR count). The Morgan fingerprint density at radius 1 is 1.10 bits per heavy atom. The van der Waals surface area contributed by atoms with Gasteiger partial charge >= 0.3 is 0 Å². The highest BCUT2D eigenvalue weighted by atomic mass is 35.5. The van der Waals surface area contributed by atoms with Gasteiger partial charge in [0.1, 0.15) is 6.04 Å². The van der Waals surface area contributed by atoms with Gasteiger partial charge in [-0.15, -0.1) is 0 Å². The van der Waals surface area contributed by atoms with Crippen LogP contribution in [0, 0.1) is 17.2 Å². The molecule has 0 bridgehead atoms. The fourth-order valence-electron chi connectivity index (χ4n) is 3.88. The van der Waals surface area contributed by atoms with Crippen LogP contribution in [-0.2, 0) is 4.79 Å². The Balaban J connectivity index is 1.65. The topological polar surface area (TPSA) is 73.2 Å². The van der Waals surface area contributed by atoms with Gasteiger partial charge in [-0.2, -0.15) is 5.26 Å². The highest BCUT2D eigenvalue weighted by Gasteiger charge is 2.32. The molecule has 0 radical (unpaired) electrons. The summed E-state index contributed by atoms with van der Waals surface area (Å²) in [5, 5.41) is 12.8. The molecule has 1 aliphatic rings. The van der Waals surface area contributed by atoms with Gasteiger partial charge in [0.2, 0.25) is 5.91 Å². The standard InChI is InChI=1S/C24H26ClN3O2/c1-16(2)22(27-23(29)21-6-4-3-5-19(21)15-26)24(30)28-13-11-18(12-14-28)17-7-9-20(25)10-8-17/h3-10,16,18,22H,11-14H2,1-2H3,(H,27,29)/t22-/m1/s1. The fraction of sp³-hybridized carbons (Fsp3) is 0.375. The molecule has 30 heavy (non-hydrogen) atoms. The Morgan fingerprint density at radius 3 is 2.33 bits per heavy atom. The number of halogens is 1. The van der Waals surface area contributed by atoms with Gasteiger partial charge in [0.15, 0.2) is 0 Å². The van der Waals surface area contributed by atoms with Crippen LogP contribution in [0.1, 0.15) is 54.1 Å². The molecule has 1 heterocycles. The van der Waals surface area contributed by atoms with Crippen LogP contribution in [0.2, 0.25) is 5.02 Å². The smallest absolute Gasteiger partial charge is 0.253 e. The number of carbonyl (C=O) groups excluding carboxylic acids is 2. The first kappa shape index (κ1) is 21.9. The number of nitrogens with one attached hydrogen (secondary N) is 1. The van der Waals surface area contributed by atoms with Gasteiger partial charge in [0.25, 0.3) is 5.91 Å². The third-order valence-electron chi connectivity index (χ3n) is 5.66. The third-order valence-corrected chi connectivity index (χ3v) is 5.91. The van der Waals surface area contributed by atoms with Crippen molar-refractivity contribution >= 4 is 23.4 Å². The quantitative estimate of drug-likeness (QED) is 0.775. The number of nitriles is 1. The van der Waals surface area contributed by atoms with Crippen molar-refractivity contribution < 1.29 is 9.59 Å². The molecule has 1 fully saturated rings. The van der Waals surface area contributed by atoms with Crippen molar-refractivity contribution in [1.29, 1.82) is 5.26 Å². The lowest BCUT2D eigenvalue weighted by atomic mass is 9.89. The van der Waals surface area contributed by atoms with Gasteiger partial charge < -0.3 is 10.2 Å². The second kappa shape index (κ2) is 9.77. The summed E-state index contributed by atoms with van der Waals surface area (Å²) < 4.78 is 0. The summed E-state index contributed by atoms with van der Waals surface area (Å²) in [7, 11) is 0. The molecule has 6 heteroatoms. The Morgan fingerprint density at radius 2 is 1.73 bits per heavy atom. The first-order chi connectivity index (χ1) is 14.4. The van der Waals surface area contributed by atoms with Crippen LogP contribution in [-0.4, -0.2) is 35.8 Å². The fourth-order valence-corrected chi connectivity index (χ4v) is 4.00. The molecule has 1 N–H and O–H groups in total. The van der Waals surface area contributed by atoms with E-state index in [0.29, 0.717) is 30.1 Å². The SMILES string of the molecule is CC(C)[C@@H](NC(=O)c1ccccc1C#N)C(=O)N1CCC(c2ccc(Cl)cc2)CC1. The Hall–Kier alpha value is -2.84. The maximum absolute atomic E-state index is 13.2. The minimum Gasteiger partial charge on any atom is -0.341 e. The van der Waals surface area contributed by atoms with Crippen LogP contribution in [0.5, 0.6) is 0 Å². The number of nitrogens with zero attached hydrogens (tertiary/aromatic N) is 2. The molecule has 0 saturated carbocycles. The molecule has 5 nitrogen and oxygen atoms in total. The summed E-state index contributed by atoms with van der Waals surface area (Å²) in [6.45, 7) is 5.14. The van der Waals surface area contributed by atoms with E-state index < -0.39 is 11.9 Å². The second-order valence-electron chi connectivity index (χ2n) is 8.00. The summed E-state index contributed by atoms with van der Waals surface area (Å²) in [6, 6.07) is 15.9. The van der Waals surface area contributed by atoms with E-state index in [2.05, 4.69) is 5.32 Å². The Bertz CT molecular complexity index is 942. The van der Waals surface area contributed by atoms with Gasteiger partial charge in [0, 0.05) is 18.1 Å². The lowest BCUT2D eigenvalue weighted by molar-refractivity contribution is -0.135. The zero-order chi connectivity index (χ0) is 21.7. The summed E-state index contributed by atoms with van der Waals surface area (Å²) in [6.07, 6.45) is 1.76. The number of hydrogen-bond acceptors (Lipinski definition) is 3. The molecule has 156 valence electrons. The molecular formula is C24H26ClN3O2. The highest BCUT2D eigenvalue weighted by Crippen LogP contribution is 2.29. The van der Waals surface area contributed by atoms with Crippen LogP contribution in [0.15, 0.2) is 48.5 Å². The van der Waals surface area contributed by atoms with E-state index in [4.69, 9.17) is 11.6 Å². The van der Waals surface area contributed by atoms with E-state index in [0.717, 1.165) is 17.9 Å². The Kier molecular flexibility index (Phi) is 7.12. The Labute approximate surface area is 182 Å². The van der Waals surface area contributed by atoms with Crippen LogP contribution < -0.4 is 5.32 Å². The number of amides is 2. The van der Waals surface area contributed by atoms with Gasteiger partial charge in [-0.1, -0.05) is 49.7 Å². The largest absolute Gasteiger partial charge is 0.341 e. The summed E-state index contributed by atoms with van der Waals surface area (Å²) in [5.74, 6) is -0.122. The summed E-state index contributed by atoms with van der Waals surface area (Å²) >= 11 is 5.98. The van der Waals surface area contributed by atoms with Crippen LogP contribution in [0.25, 0.3) is 0 Å². The average molecular weight is 424 g/mol. The predicted molar refractivity (Wildman–Crippen MR) is 117 cm³/mol.